The summed E-state index contributed by atoms with van der Waals surface area (Å²) in [6.45, 7) is 4.39. The number of nitrogens with one attached hydrogen (secondary N) is 1. The van der Waals surface area contributed by atoms with E-state index in [2.05, 4.69) is 48.5 Å². The summed E-state index contributed by atoms with van der Waals surface area (Å²) in [6, 6.07) is 15.3. The van der Waals surface area contributed by atoms with Gasteiger partial charge < -0.3 is 4.42 Å². The van der Waals surface area contributed by atoms with Crippen LogP contribution in [0.15, 0.2) is 62.2 Å². The van der Waals surface area contributed by atoms with Gasteiger partial charge in [0.2, 0.25) is 0 Å². The lowest BCUT2D eigenvalue weighted by Crippen LogP contribution is -2.25. The van der Waals surface area contributed by atoms with Crippen molar-refractivity contribution in [2.24, 2.45) is 0 Å². The topological polar surface area (TPSA) is 102 Å². The minimum absolute atomic E-state index is 0.0346. The second-order valence-corrected chi connectivity index (χ2v) is 8.65. The van der Waals surface area contributed by atoms with Crippen LogP contribution in [0.25, 0.3) is 33.7 Å². The molecule has 0 spiro atoms. The molecule has 3 heterocycles. The second-order valence-electron chi connectivity index (χ2n) is 7.86. The molecular weight excluding hydrogens is 484 g/mol. The Balaban J connectivity index is 1.58. The molecule has 0 bridgehead atoms. The van der Waals surface area contributed by atoms with Crippen molar-refractivity contribution in [3.63, 3.8) is 0 Å². The van der Waals surface area contributed by atoms with E-state index in [0.717, 1.165) is 56.5 Å². The van der Waals surface area contributed by atoms with Gasteiger partial charge in [0.05, 0.1) is 11.0 Å². The van der Waals surface area contributed by atoms with Gasteiger partial charge in [-0.3, -0.25) is 9.36 Å². The quantitative estimate of drug-likeness (QED) is 0.352. The third kappa shape index (κ3) is 4.00. The van der Waals surface area contributed by atoms with Crippen molar-refractivity contribution in [3.8, 4) is 22.7 Å². The van der Waals surface area contributed by atoms with Crippen LogP contribution >= 0.6 is 15.9 Å². The van der Waals surface area contributed by atoms with E-state index >= 15 is 0 Å². The summed E-state index contributed by atoms with van der Waals surface area (Å²) in [5.74, 6) is 2.06. The molecule has 9 heteroatoms. The lowest BCUT2D eigenvalue weighted by atomic mass is 10.0. The van der Waals surface area contributed by atoms with Gasteiger partial charge in [0.1, 0.15) is 17.2 Å². The highest BCUT2D eigenvalue weighted by molar-refractivity contribution is 9.10. The number of aromatic nitrogens is 6. The highest BCUT2D eigenvalue weighted by Gasteiger charge is 2.19. The maximum atomic E-state index is 12.7. The van der Waals surface area contributed by atoms with Crippen molar-refractivity contribution in [1.29, 1.82) is 0 Å². The molecule has 8 nitrogen and oxygen atoms in total. The van der Waals surface area contributed by atoms with Gasteiger partial charge in [-0.2, -0.15) is 0 Å². The molecule has 0 atom stereocenters. The van der Waals surface area contributed by atoms with Crippen LogP contribution in [0, 0.1) is 6.92 Å². The number of hydrogen-bond donors (Lipinski definition) is 1. The standard InChI is InChI=1S/C24H21BrN6O2/c1-3-6-20-26-14(2)11-21(32)31(20)13-15-9-10-19-18(12-15)22(25)23(33-19)16-7-4-5-8-17(16)24-27-29-30-28-24/h4-5,7-12H,3,6,13H2,1-2H3,(H,27,28,29,30). The molecule has 0 aliphatic rings. The van der Waals surface area contributed by atoms with Gasteiger partial charge in [-0.05, 0) is 57.4 Å². The molecule has 0 unspecified atom stereocenters. The fourth-order valence-corrected chi connectivity index (χ4v) is 4.60. The van der Waals surface area contributed by atoms with Crippen LogP contribution in [0.2, 0.25) is 0 Å². The Bertz CT molecular complexity index is 1500. The first-order valence-electron chi connectivity index (χ1n) is 10.7. The molecule has 0 aliphatic carbocycles. The van der Waals surface area contributed by atoms with Crippen molar-refractivity contribution in [3.05, 3.63) is 80.4 Å². The van der Waals surface area contributed by atoms with Crippen molar-refractivity contribution in [1.82, 2.24) is 30.2 Å². The molecule has 2 aromatic carbocycles. The number of halogens is 1. The Kier molecular flexibility index (Phi) is 5.63. The number of fused-ring (bicyclic) bond motifs is 1. The number of aryl methyl sites for hydroxylation is 2. The maximum Gasteiger partial charge on any atom is 0.254 e. The largest absolute Gasteiger partial charge is 0.455 e. The molecule has 5 rings (SSSR count). The third-order valence-corrected chi connectivity index (χ3v) is 6.28. The molecule has 5 aromatic rings. The maximum absolute atomic E-state index is 12.7. The predicted octanol–water partition coefficient (Wildman–Crippen LogP) is 4.91. The lowest BCUT2D eigenvalue weighted by Gasteiger charge is -2.12. The number of rotatable bonds is 6. The van der Waals surface area contributed by atoms with Crippen LogP contribution in [0.1, 0.15) is 30.4 Å². The Labute approximate surface area is 197 Å². The Morgan fingerprint density at radius 1 is 1.12 bits per heavy atom. The Morgan fingerprint density at radius 3 is 2.70 bits per heavy atom. The van der Waals surface area contributed by atoms with Gasteiger partial charge in [-0.25, -0.2) is 10.1 Å². The van der Waals surface area contributed by atoms with Gasteiger partial charge in [-0.1, -0.05) is 37.3 Å². The van der Waals surface area contributed by atoms with Crippen molar-refractivity contribution in [2.45, 2.75) is 33.2 Å². The van der Waals surface area contributed by atoms with E-state index in [1.165, 1.54) is 0 Å². The molecule has 0 fully saturated rings. The van der Waals surface area contributed by atoms with Crippen LogP contribution in [-0.4, -0.2) is 30.2 Å². The van der Waals surface area contributed by atoms with E-state index in [4.69, 9.17) is 4.42 Å². The first-order valence-corrected chi connectivity index (χ1v) is 11.5. The average Bonchev–Trinajstić information content (AvgIpc) is 3.45. The number of aromatic amines is 1. The monoisotopic (exact) mass is 504 g/mol. The minimum atomic E-state index is -0.0346. The number of tetrazole rings is 1. The molecule has 33 heavy (non-hydrogen) atoms. The fourth-order valence-electron chi connectivity index (χ4n) is 3.99. The number of hydrogen-bond acceptors (Lipinski definition) is 6. The molecule has 0 aliphatic heterocycles. The van der Waals surface area contributed by atoms with Crippen molar-refractivity contribution < 1.29 is 4.42 Å². The zero-order chi connectivity index (χ0) is 22.9. The van der Waals surface area contributed by atoms with E-state index in [9.17, 15) is 4.79 Å². The molecule has 0 saturated heterocycles. The zero-order valence-corrected chi connectivity index (χ0v) is 19.8. The van der Waals surface area contributed by atoms with Crippen molar-refractivity contribution >= 4 is 26.9 Å². The molecule has 0 saturated carbocycles. The highest BCUT2D eigenvalue weighted by Crippen LogP contribution is 2.41. The van der Waals surface area contributed by atoms with E-state index in [1.54, 1.807) is 10.6 Å². The van der Waals surface area contributed by atoms with Crippen LogP contribution in [0.3, 0.4) is 0 Å². The van der Waals surface area contributed by atoms with Crippen LogP contribution in [0.5, 0.6) is 0 Å². The summed E-state index contributed by atoms with van der Waals surface area (Å²) in [5.41, 5.74) is 4.15. The van der Waals surface area contributed by atoms with Crippen LogP contribution < -0.4 is 5.56 Å². The Hall–Kier alpha value is -3.59. The Morgan fingerprint density at radius 2 is 1.94 bits per heavy atom. The van der Waals surface area contributed by atoms with E-state index in [1.807, 2.05) is 49.4 Å². The SMILES string of the molecule is CCCc1nc(C)cc(=O)n1Cc1ccc2oc(-c3ccccc3-c3nnn[nH]3)c(Br)c2c1. The fraction of sp³-hybridized carbons (Fsp3) is 0.208. The summed E-state index contributed by atoms with van der Waals surface area (Å²) < 4.78 is 8.80. The normalized spacial score (nSPS) is 11.4. The van der Waals surface area contributed by atoms with Gasteiger partial charge in [0, 0.05) is 34.7 Å². The molecule has 1 N–H and O–H groups in total. The molecule has 0 radical (unpaired) electrons. The molecule has 166 valence electrons. The third-order valence-electron chi connectivity index (χ3n) is 5.49. The summed E-state index contributed by atoms with van der Waals surface area (Å²) in [7, 11) is 0. The van der Waals surface area contributed by atoms with Gasteiger partial charge in [-0.15, -0.1) is 5.10 Å². The number of furan rings is 1. The van der Waals surface area contributed by atoms with Crippen LogP contribution in [-0.2, 0) is 13.0 Å². The average molecular weight is 505 g/mol. The van der Waals surface area contributed by atoms with Crippen molar-refractivity contribution in [2.75, 3.05) is 0 Å². The lowest BCUT2D eigenvalue weighted by molar-refractivity contribution is 0.629. The molecule has 3 aromatic heterocycles. The number of benzene rings is 2. The number of nitrogens with zero attached hydrogens (tertiary/aromatic N) is 5. The second kappa shape index (κ2) is 8.74. The molecular formula is C24H21BrN6O2. The predicted molar refractivity (Wildman–Crippen MR) is 129 cm³/mol. The smallest absolute Gasteiger partial charge is 0.254 e. The van der Waals surface area contributed by atoms with Gasteiger partial charge in [0.25, 0.3) is 5.56 Å². The summed E-state index contributed by atoms with van der Waals surface area (Å²) in [4.78, 5) is 17.3. The van der Waals surface area contributed by atoms with E-state index in [0.29, 0.717) is 18.1 Å². The molecule has 0 amide bonds. The highest BCUT2D eigenvalue weighted by atomic mass is 79.9. The van der Waals surface area contributed by atoms with Gasteiger partial charge in [0.15, 0.2) is 5.82 Å². The van der Waals surface area contributed by atoms with Gasteiger partial charge >= 0.3 is 0 Å². The minimum Gasteiger partial charge on any atom is -0.455 e. The van der Waals surface area contributed by atoms with E-state index in [-0.39, 0.29) is 5.56 Å². The number of H-pyrrole nitrogens is 1. The zero-order valence-electron chi connectivity index (χ0n) is 18.2. The van der Waals surface area contributed by atoms with E-state index < -0.39 is 0 Å². The summed E-state index contributed by atoms with van der Waals surface area (Å²) in [6.07, 6.45) is 1.68. The first kappa shape index (κ1) is 21.3. The summed E-state index contributed by atoms with van der Waals surface area (Å²) in [5, 5.41) is 15.2. The first-order chi connectivity index (χ1) is 16.0. The summed E-state index contributed by atoms with van der Waals surface area (Å²) >= 11 is 3.73. The van der Waals surface area contributed by atoms with Crippen LogP contribution in [0.4, 0.5) is 0 Å².